The van der Waals surface area contributed by atoms with Crippen LogP contribution in [-0.2, 0) is 0 Å². The molecule has 0 spiro atoms. The molecule has 1 unspecified atom stereocenters. The van der Waals surface area contributed by atoms with Crippen LogP contribution in [0.2, 0.25) is 0 Å². The van der Waals surface area contributed by atoms with Crippen LogP contribution in [0, 0.1) is 24.4 Å². The van der Waals surface area contributed by atoms with Gasteiger partial charge in [-0.15, -0.1) is 0 Å². The summed E-state index contributed by atoms with van der Waals surface area (Å²) in [6.07, 6.45) is -0.953. The molecule has 2 rings (SSSR count). The number of hydrogen-bond acceptors (Lipinski definition) is 2. The second-order valence-corrected chi connectivity index (χ2v) is 4.49. The third kappa shape index (κ3) is 2.93. The largest absolute Gasteiger partial charge is 0.457 e. The zero-order chi connectivity index (χ0) is 14.9. The predicted octanol–water partition coefficient (Wildman–Crippen LogP) is 4.26. The Morgan fingerprint density at radius 2 is 1.70 bits per heavy atom. The summed E-state index contributed by atoms with van der Waals surface area (Å²) in [5.74, 6) is -2.23. The van der Waals surface area contributed by atoms with Gasteiger partial charge in [0.25, 0.3) is 0 Å². The van der Waals surface area contributed by atoms with E-state index in [0.29, 0.717) is 5.56 Å². The number of hydrogen-bond donors (Lipinski definition) is 1. The van der Waals surface area contributed by atoms with Gasteiger partial charge in [0.15, 0.2) is 11.6 Å². The van der Waals surface area contributed by atoms with Gasteiger partial charge in [0.05, 0.1) is 6.10 Å². The highest BCUT2D eigenvalue weighted by Crippen LogP contribution is 2.32. The first-order chi connectivity index (χ1) is 9.38. The molecule has 20 heavy (non-hydrogen) atoms. The summed E-state index contributed by atoms with van der Waals surface area (Å²) >= 11 is 0. The van der Waals surface area contributed by atoms with Gasteiger partial charge in [-0.1, -0.05) is 0 Å². The van der Waals surface area contributed by atoms with Crippen LogP contribution >= 0.6 is 0 Å². The summed E-state index contributed by atoms with van der Waals surface area (Å²) < 4.78 is 44.9. The lowest BCUT2D eigenvalue weighted by Crippen LogP contribution is -1.99. The highest BCUT2D eigenvalue weighted by Gasteiger charge is 2.14. The lowest BCUT2D eigenvalue weighted by Gasteiger charge is -2.14. The Labute approximate surface area is 114 Å². The maximum absolute atomic E-state index is 13.5. The van der Waals surface area contributed by atoms with Crippen LogP contribution in [0.3, 0.4) is 0 Å². The van der Waals surface area contributed by atoms with E-state index in [2.05, 4.69) is 0 Å². The van der Waals surface area contributed by atoms with Crippen molar-refractivity contribution in [3.63, 3.8) is 0 Å². The van der Waals surface area contributed by atoms with Gasteiger partial charge >= 0.3 is 0 Å². The second-order valence-electron chi connectivity index (χ2n) is 4.49. The standard InChI is InChI=1S/C15H13F3O2/c1-8-5-15(11(9(2)19)7-13(8)17)20-10-3-4-12(16)14(18)6-10/h3-7,9,19H,1-2H3. The van der Waals surface area contributed by atoms with Crippen molar-refractivity contribution in [2.24, 2.45) is 0 Å². The van der Waals surface area contributed by atoms with Crippen LogP contribution in [0.1, 0.15) is 24.2 Å². The molecule has 5 heteroatoms. The first kappa shape index (κ1) is 14.4. The molecule has 0 radical (unpaired) electrons. The van der Waals surface area contributed by atoms with Gasteiger partial charge in [-0.05, 0) is 43.7 Å². The van der Waals surface area contributed by atoms with E-state index < -0.39 is 23.6 Å². The zero-order valence-corrected chi connectivity index (χ0v) is 11.0. The molecule has 0 aliphatic carbocycles. The van der Waals surface area contributed by atoms with Gasteiger partial charge in [0, 0.05) is 11.6 Å². The Balaban J connectivity index is 2.41. The summed E-state index contributed by atoms with van der Waals surface area (Å²) in [6.45, 7) is 3.00. The fourth-order valence-electron chi connectivity index (χ4n) is 1.75. The van der Waals surface area contributed by atoms with E-state index in [-0.39, 0.29) is 17.1 Å². The number of aliphatic hydroxyl groups excluding tert-OH is 1. The average Bonchev–Trinajstić information content (AvgIpc) is 2.37. The summed E-state index contributed by atoms with van der Waals surface area (Å²) in [6, 6.07) is 5.64. The quantitative estimate of drug-likeness (QED) is 0.911. The van der Waals surface area contributed by atoms with E-state index in [1.165, 1.54) is 19.1 Å². The molecule has 1 N–H and O–H groups in total. The lowest BCUT2D eigenvalue weighted by molar-refractivity contribution is 0.195. The normalized spacial score (nSPS) is 12.3. The molecule has 2 aromatic carbocycles. The first-order valence-corrected chi connectivity index (χ1v) is 5.99. The summed E-state index contributed by atoms with van der Waals surface area (Å²) in [4.78, 5) is 0. The summed E-state index contributed by atoms with van der Waals surface area (Å²) in [5.41, 5.74) is 0.560. The van der Waals surface area contributed by atoms with Gasteiger partial charge in [-0.25, -0.2) is 13.2 Å². The van der Waals surface area contributed by atoms with Crippen LogP contribution in [-0.4, -0.2) is 5.11 Å². The molecule has 0 saturated carbocycles. The minimum atomic E-state index is -1.04. The Kier molecular flexibility index (Phi) is 3.99. The predicted molar refractivity (Wildman–Crippen MR) is 68.2 cm³/mol. The van der Waals surface area contributed by atoms with Crippen molar-refractivity contribution in [2.75, 3.05) is 0 Å². The highest BCUT2D eigenvalue weighted by molar-refractivity contribution is 5.42. The number of halogens is 3. The maximum atomic E-state index is 13.5. The minimum absolute atomic E-state index is 0.0665. The van der Waals surface area contributed by atoms with Crippen molar-refractivity contribution >= 4 is 0 Å². The minimum Gasteiger partial charge on any atom is -0.457 e. The Bertz CT molecular complexity index is 639. The van der Waals surface area contributed by atoms with Crippen LogP contribution in [0.15, 0.2) is 30.3 Å². The number of rotatable bonds is 3. The molecule has 0 aliphatic heterocycles. The van der Waals surface area contributed by atoms with Crippen LogP contribution in [0.4, 0.5) is 13.2 Å². The lowest BCUT2D eigenvalue weighted by atomic mass is 10.1. The molecular formula is C15H13F3O2. The monoisotopic (exact) mass is 282 g/mol. The molecule has 0 heterocycles. The molecule has 106 valence electrons. The zero-order valence-electron chi connectivity index (χ0n) is 11.0. The van der Waals surface area contributed by atoms with Gasteiger partial charge in [0.2, 0.25) is 0 Å². The molecule has 0 aliphatic rings. The number of ether oxygens (including phenoxy) is 1. The van der Waals surface area contributed by atoms with Gasteiger partial charge in [-0.3, -0.25) is 0 Å². The first-order valence-electron chi connectivity index (χ1n) is 5.99. The number of benzene rings is 2. The second kappa shape index (κ2) is 5.54. The van der Waals surface area contributed by atoms with Gasteiger partial charge in [0.1, 0.15) is 17.3 Å². The van der Waals surface area contributed by atoms with Gasteiger partial charge in [-0.2, -0.15) is 0 Å². The van der Waals surface area contributed by atoms with Crippen molar-refractivity contribution in [3.05, 3.63) is 58.9 Å². The fourth-order valence-corrected chi connectivity index (χ4v) is 1.75. The van der Waals surface area contributed by atoms with Crippen LogP contribution < -0.4 is 4.74 Å². The molecule has 0 saturated heterocycles. The molecule has 0 fully saturated rings. The highest BCUT2D eigenvalue weighted by atomic mass is 19.2. The van der Waals surface area contributed by atoms with Gasteiger partial charge < -0.3 is 9.84 Å². The third-order valence-electron chi connectivity index (χ3n) is 2.86. The van der Waals surface area contributed by atoms with Crippen LogP contribution in [0.25, 0.3) is 0 Å². The maximum Gasteiger partial charge on any atom is 0.162 e. The van der Waals surface area contributed by atoms with E-state index in [1.54, 1.807) is 6.92 Å². The fraction of sp³-hybridized carbons (Fsp3) is 0.200. The Morgan fingerprint density at radius 1 is 1.00 bits per heavy atom. The third-order valence-corrected chi connectivity index (χ3v) is 2.86. The summed E-state index contributed by atoms with van der Waals surface area (Å²) in [7, 11) is 0. The SMILES string of the molecule is Cc1cc(Oc2ccc(F)c(F)c2)c(C(C)O)cc1F. The van der Waals surface area contributed by atoms with E-state index in [4.69, 9.17) is 4.74 Å². The van der Waals surface area contributed by atoms with E-state index in [0.717, 1.165) is 18.2 Å². The van der Waals surface area contributed by atoms with E-state index >= 15 is 0 Å². The van der Waals surface area contributed by atoms with Crippen molar-refractivity contribution in [1.29, 1.82) is 0 Å². The number of aliphatic hydroxyl groups is 1. The molecule has 0 amide bonds. The Morgan fingerprint density at radius 3 is 2.30 bits per heavy atom. The topological polar surface area (TPSA) is 29.5 Å². The van der Waals surface area contributed by atoms with E-state index in [1.807, 2.05) is 0 Å². The van der Waals surface area contributed by atoms with Crippen molar-refractivity contribution < 1.29 is 23.0 Å². The van der Waals surface area contributed by atoms with Crippen molar-refractivity contribution in [2.45, 2.75) is 20.0 Å². The van der Waals surface area contributed by atoms with Crippen molar-refractivity contribution in [1.82, 2.24) is 0 Å². The summed E-state index contributed by atoms with van der Waals surface area (Å²) in [5, 5.41) is 9.62. The molecule has 2 aromatic rings. The smallest absolute Gasteiger partial charge is 0.162 e. The molecule has 0 aromatic heterocycles. The molecular weight excluding hydrogens is 269 g/mol. The van der Waals surface area contributed by atoms with Crippen molar-refractivity contribution in [3.8, 4) is 11.5 Å². The van der Waals surface area contributed by atoms with E-state index in [9.17, 15) is 18.3 Å². The Hall–Kier alpha value is -2.01. The molecule has 2 nitrogen and oxygen atoms in total. The average molecular weight is 282 g/mol. The van der Waals surface area contributed by atoms with Crippen LogP contribution in [0.5, 0.6) is 11.5 Å². The number of aryl methyl sites for hydroxylation is 1. The molecule has 1 atom stereocenters. The molecule has 0 bridgehead atoms.